The van der Waals surface area contributed by atoms with E-state index in [0.717, 1.165) is 13.1 Å². The van der Waals surface area contributed by atoms with Crippen LogP contribution in [0.15, 0.2) is 18.2 Å². The van der Waals surface area contributed by atoms with Gasteiger partial charge in [0.2, 0.25) is 0 Å². The molecule has 0 radical (unpaired) electrons. The summed E-state index contributed by atoms with van der Waals surface area (Å²) in [6.07, 6.45) is 0.278. The van der Waals surface area contributed by atoms with Crippen molar-refractivity contribution in [1.29, 1.82) is 0 Å². The second kappa shape index (κ2) is 6.03. The fraction of sp³-hybridized carbons (Fsp3) is 0.462. The number of halogens is 2. The van der Waals surface area contributed by atoms with E-state index in [2.05, 4.69) is 5.32 Å². The number of nitrogens with zero attached hydrogens (tertiary/aromatic N) is 1. The highest BCUT2D eigenvalue weighted by Crippen LogP contribution is 2.20. The van der Waals surface area contributed by atoms with Crippen LogP contribution in [0.5, 0.6) is 0 Å². The van der Waals surface area contributed by atoms with Crippen LogP contribution in [0.25, 0.3) is 0 Å². The summed E-state index contributed by atoms with van der Waals surface area (Å²) >= 11 is 11.1. The van der Waals surface area contributed by atoms with Crippen molar-refractivity contribution in [1.82, 2.24) is 4.90 Å². The van der Waals surface area contributed by atoms with Gasteiger partial charge in [-0.3, -0.25) is 0 Å². The maximum Gasteiger partial charge on any atom is 0.173 e. The van der Waals surface area contributed by atoms with E-state index in [9.17, 15) is 4.39 Å². The fourth-order valence-corrected chi connectivity index (χ4v) is 2.57. The molecule has 3 nitrogen and oxygen atoms in total. The van der Waals surface area contributed by atoms with Gasteiger partial charge in [-0.2, -0.15) is 0 Å². The lowest BCUT2D eigenvalue weighted by Crippen LogP contribution is -2.49. The number of benzene rings is 1. The maximum absolute atomic E-state index is 13.1. The monoisotopic (exact) mass is 302 g/mol. The van der Waals surface area contributed by atoms with Gasteiger partial charge in [-0.15, -0.1) is 0 Å². The van der Waals surface area contributed by atoms with Crippen molar-refractivity contribution in [2.75, 3.05) is 18.4 Å². The van der Waals surface area contributed by atoms with Crippen molar-refractivity contribution in [2.24, 2.45) is 0 Å². The molecule has 0 aliphatic carbocycles. The lowest BCUT2D eigenvalue weighted by Gasteiger charge is -2.36. The van der Waals surface area contributed by atoms with Gasteiger partial charge in [0, 0.05) is 18.8 Å². The van der Waals surface area contributed by atoms with E-state index in [0.29, 0.717) is 10.8 Å². The molecule has 1 N–H and O–H groups in total. The van der Waals surface area contributed by atoms with E-state index >= 15 is 0 Å². The number of ether oxygens (including phenoxy) is 1. The van der Waals surface area contributed by atoms with Crippen LogP contribution in [0.1, 0.15) is 13.8 Å². The number of morpholine rings is 1. The summed E-state index contributed by atoms with van der Waals surface area (Å²) in [6.45, 7) is 5.51. The average molecular weight is 303 g/mol. The minimum atomic E-state index is -0.438. The summed E-state index contributed by atoms with van der Waals surface area (Å²) in [5, 5.41) is 3.75. The second-order valence-electron chi connectivity index (χ2n) is 4.72. The molecule has 1 aromatic carbocycles. The molecule has 1 saturated heterocycles. The number of thiocarbonyl (C=S) groups is 1. The lowest BCUT2D eigenvalue weighted by molar-refractivity contribution is -0.0473. The largest absolute Gasteiger partial charge is 0.372 e. The Morgan fingerprint density at radius 3 is 2.63 bits per heavy atom. The zero-order valence-corrected chi connectivity index (χ0v) is 12.4. The number of anilines is 1. The first-order valence-corrected chi connectivity index (χ1v) is 6.90. The summed E-state index contributed by atoms with van der Waals surface area (Å²) in [6, 6.07) is 4.45. The van der Waals surface area contributed by atoms with Gasteiger partial charge in [0.15, 0.2) is 5.11 Å². The molecule has 19 heavy (non-hydrogen) atoms. The Kier molecular flexibility index (Phi) is 4.60. The van der Waals surface area contributed by atoms with Gasteiger partial charge < -0.3 is 15.0 Å². The molecule has 0 saturated carbocycles. The molecule has 0 amide bonds. The standard InChI is InChI=1S/C13H16ClFN2OS/c1-8-6-17(7-9(2)18-8)13(19)16-10-3-4-12(15)11(14)5-10/h3-5,8-9H,6-7H2,1-2H3,(H,16,19)/t8-,9-/m0/s1. The highest BCUT2D eigenvalue weighted by molar-refractivity contribution is 7.80. The van der Waals surface area contributed by atoms with Crippen LogP contribution in [0, 0.1) is 5.82 Å². The molecule has 1 aliphatic rings. The molecule has 1 fully saturated rings. The SMILES string of the molecule is C[C@H]1CN(C(=S)Nc2ccc(F)c(Cl)c2)C[C@H](C)O1. The molecule has 6 heteroatoms. The summed E-state index contributed by atoms with van der Waals surface area (Å²) in [5.74, 6) is -0.438. The van der Waals surface area contributed by atoms with Crippen molar-refractivity contribution in [3.63, 3.8) is 0 Å². The van der Waals surface area contributed by atoms with Crippen LogP contribution in [0.2, 0.25) is 5.02 Å². The smallest absolute Gasteiger partial charge is 0.173 e. The Morgan fingerprint density at radius 2 is 2.05 bits per heavy atom. The Hall–Kier alpha value is -0.910. The minimum Gasteiger partial charge on any atom is -0.372 e. The number of nitrogens with one attached hydrogen (secondary N) is 1. The summed E-state index contributed by atoms with van der Waals surface area (Å²) in [4.78, 5) is 2.05. The van der Waals surface area contributed by atoms with E-state index < -0.39 is 5.82 Å². The van der Waals surface area contributed by atoms with Crippen molar-refractivity contribution >= 4 is 34.6 Å². The number of rotatable bonds is 1. The molecule has 2 atom stereocenters. The third-order valence-corrected chi connectivity index (χ3v) is 3.53. The van der Waals surface area contributed by atoms with E-state index in [1.165, 1.54) is 12.1 Å². The Morgan fingerprint density at radius 1 is 1.42 bits per heavy atom. The molecule has 104 valence electrons. The summed E-state index contributed by atoms with van der Waals surface area (Å²) < 4.78 is 18.7. The molecule has 1 heterocycles. The van der Waals surface area contributed by atoms with Crippen molar-refractivity contribution in [3.8, 4) is 0 Å². The van der Waals surface area contributed by atoms with Gasteiger partial charge in [-0.1, -0.05) is 11.6 Å². The van der Waals surface area contributed by atoms with Crippen LogP contribution in [-0.2, 0) is 4.74 Å². The summed E-state index contributed by atoms with van der Waals surface area (Å²) in [5.41, 5.74) is 0.684. The first-order valence-electron chi connectivity index (χ1n) is 6.12. The van der Waals surface area contributed by atoms with Crippen LogP contribution in [0.4, 0.5) is 10.1 Å². The third kappa shape index (κ3) is 3.78. The molecule has 0 unspecified atom stereocenters. The normalized spacial score (nSPS) is 23.3. The van der Waals surface area contributed by atoms with Crippen LogP contribution in [-0.4, -0.2) is 35.3 Å². The topological polar surface area (TPSA) is 24.5 Å². The zero-order chi connectivity index (χ0) is 14.0. The van der Waals surface area contributed by atoms with Crippen molar-refractivity contribution in [2.45, 2.75) is 26.1 Å². The quantitative estimate of drug-likeness (QED) is 0.805. The van der Waals surface area contributed by atoms with Crippen LogP contribution < -0.4 is 5.32 Å². The third-order valence-electron chi connectivity index (χ3n) is 2.88. The zero-order valence-electron chi connectivity index (χ0n) is 10.8. The van der Waals surface area contributed by atoms with Crippen molar-refractivity contribution in [3.05, 3.63) is 29.0 Å². The first-order chi connectivity index (χ1) is 8.95. The molecule has 0 spiro atoms. The van der Waals surface area contributed by atoms with Crippen LogP contribution in [0.3, 0.4) is 0 Å². The molecular formula is C13H16ClFN2OS. The maximum atomic E-state index is 13.1. The number of hydrogen-bond acceptors (Lipinski definition) is 2. The highest BCUT2D eigenvalue weighted by Gasteiger charge is 2.23. The highest BCUT2D eigenvalue weighted by atomic mass is 35.5. The van der Waals surface area contributed by atoms with Crippen molar-refractivity contribution < 1.29 is 9.13 Å². The van der Waals surface area contributed by atoms with Gasteiger partial charge in [-0.25, -0.2) is 4.39 Å². The molecule has 1 aliphatic heterocycles. The molecule has 0 bridgehead atoms. The van der Waals surface area contributed by atoms with Gasteiger partial charge in [-0.05, 0) is 44.3 Å². The van der Waals surface area contributed by atoms with Gasteiger partial charge in [0.1, 0.15) is 5.82 Å². The predicted molar refractivity (Wildman–Crippen MR) is 79.2 cm³/mol. The Labute approximate surface area is 122 Å². The van der Waals surface area contributed by atoms with E-state index in [1.54, 1.807) is 6.07 Å². The number of hydrogen-bond donors (Lipinski definition) is 1. The van der Waals surface area contributed by atoms with Crippen LogP contribution >= 0.6 is 23.8 Å². The van der Waals surface area contributed by atoms with Gasteiger partial charge >= 0.3 is 0 Å². The minimum absolute atomic E-state index is 0.0801. The van der Waals surface area contributed by atoms with Gasteiger partial charge in [0.25, 0.3) is 0 Å². The Balaban J connectivity index is 2.02. The molecule has 1 aromatic rings. The van der Waals surface area contributed by atoms with Gasteiger partial charge in [0.05, 0.1) is 17.2 Å². The molecular weight excluding hydrogens is 287 g/mol. The first kappa shape index (κ1) is 14.5. The molecule has 2 rings (SSSR count). The van der Waals surface area contributed by atoms with E-state index in [1.807, 2.05) is 18.7 Å². The average Bonchev–Trinajstić information content (AvgIpc) is 2.32. The lowest BCUT2D eigenvalue weighted by atomic mass is 10.2. The Bertz CT molecular complexity index is 476. The fourth-order valence-electron chi connectivity index (χ4n) is 2.12. The summed E-state index contributed by atoms with van der Waals surface area (Å²) in [7, 11) is 0. The molecule has 0 aromatic heterocycles. The van der Waals surface area contributed by atoms with E-state index in [-0.39, 0.29) is 17.2 Å². The van der Waals surface area contributed by atoms with E-state index in [4.69, 9.17) is 28.6 Å². The predicted octanol–water partition coefficient (Wildman–Crippen LogP) is 3.29. The second-order valence-corrected chi connectivity index (χ2v) is 5.52.